The van der Waals surface area contributed by atoms with Crippen molar-refractivity contribution in [2.24, 2.45) is 15.4 Å². The average molecular weight is 1350 g/mol. The number of nitrogens with zero attached hydrogens (tertiary/aromatic N) is 10. The van der Waals surface area contributed by atoms with E-state index in [-0.39, 0.29) is 78.5 Å². The molecule has 33 heteroatoms. The first-order valence-electron chi connectivity index (χ1n) is 27.1. The molecule has 0 radical (unpaired) electrons. The van der Waals surface area contributed by atoms with Crippen LogP contribution in [0.25, 0.3) is 17.1 Å². The lowest BCUT2D eigenvalue weighted by Crippen LogP contribution is -2.24. The van der Waals surface area contributed by atoms with Crippen LogP contribution in [0.1, 0.15) is 81.2 Å². The molecule has 9 rings (SSSR count). The Labute approximate surface area is 523 Å². The molecule has 0 spiro atoms. The third-order valence-corrected chi connectivity index (χ3v) is 16.1. The highest BCUT2D eigenvalue weighted by atomic mass is 35.5. The van der Waals surface area contributed by atoms with Gasteiger partial charge >= 0.3 is 12.4 Å². The van der Waals surface area contributed by atoms with E-state index in [9.17, 15) is 64.8 Å². The van der Waals surface area contributed by atoms with Crippen LogP contribution in [0.2, 0.25) is 0 Å². The van der Waals surface area contributed by atoms with Crippen molar-refractivity contribution in [2.75, 3.05) is 20.1 Å². The van der Waals surface area contributed by atoms with E-state index < -0.39 is 82.5 Å². The fraction of sp³-hybridized carbons (Fsp3) is 0.276. The number of hydrogen-bond donors (Lipinski definition) is 4. The zero-order valence-electron chi connectivity index (χ0n) is 48.9. The molecule has 6 aromatic carbocycles. The molecule has 9 aromatic rings. The second-order valence-electron chi connectivity index (χ2n) is 20.8. The number of benzene rings is 6. The van der Waals surface area contributed by atoms with Gasteiger partial charge in [-0.25, -0.2) is 82.8 Å². The summed E-state index contributed by atoms with van der Waals surface area (Å²) in [7, 11) is -10.7. The van der Waals surface area contributed by atoms with E-state index in [1.165, 1.54) is 50.3 Å². The topological polar surface area (TPSA) is 288 Å². The normalized spacial score (nSPS) is 12.2. The number of nitrogens with one attached hydrogen (secondary N) is 1. The molecule has 0 saturated carbocycles. The monoisotopic (exact) mass is 1350 g/mol. The van der Waals surface area contributed by atoms with Crippen molar-refractivity contribution in [2.45, 2.75) is 98.9 Å². The van der Waals surface area contributed by atoms with Gasteiger partial charge in [-0.3, -0.25) is 4.90 Å². The predicted molar refractivity (Wildman–Crippen MR) is 319 cm³/mol. The van der Waals surface area contributed by atoms with Gasteiger partial charge in [0.05, 0.1) is 46.5 Å². The summed E-state index contributed by atoms with van der Waals surface area (Å²) in [6.07, 6.45) is -9.60. The van der Waals surface area contributed by atoms with Crippen molar-refractivity contribution in [1.82, 2.24) is 54.5 Å². The van der Waals surface area contributed by atoms with Crippen LogP contribution in [0.5, 0.6) is 0 Å². The summed E-state index contributed by atoms with van der Waals surface area (Å²) in [6.45, 7) is 5.20. The number of aromatic nitrogens is 9. The highest BCUT2D eigenvalue weighted by Gasteiger charge is 2.29. The Kier molecular flexibility index (Phi) is 22.9. The molecule has 0 fully saturated rings. The number of hydrogen-bond acceptors (Lipinski definition) is 14. The molecular weight excluding hydrogens is 1290 g/mol. The average Bonchev–Trinajstić information content (AvgIpc) is 1.77. The van der Waals surface area contributed by atoms with Crippen molar-refractivity contribution < 1.29 is 64.8 Å². The molecule has 0 atom stereocenters. The van der Waals surface area contributed by atoms with Gasteiger partial charge in [-0.1, -0.05) is 89.5 Å². The van der Waals surface area contributed by atoms with Crippen LogP contribution in [-0.2, 0) is 68.3 Å². The molecule has 7 N–H and O–H groups in total. The van der Waals surface area contributed by atoms with Crippen LogP contribution in [0, 0.1) is 38.2 Å². The number of nitrogens with two attached hydrogens (primary N) is 3. The van der Waals surface area contributed by atoms with Gasteiger partial charge in [-0.05, 0) is 99.1 Å². The smallest absolute Gasteiger partial charge is 0.309 e. The van der Waals surface area contributed by atoms with Gasteiger partial charge in [-0.15, -0.1) is 26.9 Å². The number of alkyl halides is 7. The lowest BCUT2D eigenvalue weighted by molar-refractivity contribution is -0.137. The van der Waals surface area contributed by atoms with Crippen molar-refractivity contribution in [3.63, 3.8) is 0 Å². The molecule has 0 bridgehead atoms. The van der Waals surface area contributed by atoms with Crippen LogP contribution in [0.4, 0.5) is 39.5 Å². The van der Waals surface area contributed by atoms with E-state index in [0.717, 1.165) is 63.7 Å². The van der Waals surface area contributed by atoms with Gasteiger partial charge in [0.15, 0.2) is 17.5 Å². The van der Waals surface area contributed by atoms with Crippen LogP contribution in [0.3, 0.4) is 0 Å². The van der Waals surface area contributed by atoms with Crippen LogP contribution in [0.15, 0.2) is 142 Å². The summed E-state index contributed by atoms with van der Waals surface area (Å²) in [5, 5.41) is 30.5. The molecule has 3 aromatic heterocycles. The first kappa shape index (κ1) is 70.5. The minimum Gasteiger partial charge on any atom is -0.309 e. The summed E-state index contributed by atoms with van der Waals surface area (Å²) in [4.78, 5) is 13.5. The Hall–Kier alpha value is -7.95. The Morgan fingerprint density at radius 1 is 0.495 bits per heavy atom. The maximum Gasteiger partial charge on any atom is 0.390 e. The van der Waals surface area contributed by atoms with Crippen LogP contribution < -0.4 is 20.7 Å². The number of primary sulfonamides is 3. The third-order valence-electron chi connectivity index (χ3n) is 13.1. The minimum absolute atomic E-state index is 0.0147. The standard InChI is InChI=1S/C21H23F4N5O2S.C20H21F4N5O2S.C17H16ClFN4O2S/c1-14-4-3-5-15(10-14)11-20-27-19(13-29(2)9-8-21(23,24)25)28-30(20)18-7-6-16(12-17(18)22)33(26,31)32;1-13-3-2-4-14(9-13)10-19-27-18(12-26-8-7-20(22,23)24)28-29(19)17-6-5-15(11-16(17)21)32(25,30)31;1-11-3-2-4-12(7-11)8-17-21-16(10-18)22-23(17)15-6-5-13(9-14(15)19)26(20,24)25/h3-7,10,12H,8-9,11,13H2,1-2H3,(H2,26,31,32);2-6,9,11,26H,7-8,10,12H2,1H3,(H2,25,30,31);2-7,9H,8,10H2,1H3,(H2,20,24,25). The molecule has 0 unspecified atom stereocenters. The van der Waals surface area contributed by atoms with E-state index in [1.54, 1.807) is 0 Å². The van der Waals surface area contributed by atoms with Crippen molar-refractivity contribution in [1.29, 1.82) is 0 Å². The number of aryl methyl sites for hydroxylation is 3. The molecule has 0 aliphatic rings. The second kappa shape index (κ2) is 29.6. The minimum atomic E-state index is -4.29. The van der Waals surface area contributed by atoms with Crippen molar-refractivity contribution >= 4 is 41.7 Å². The summed E-state index contributed by atoms with van der Waals surface area (Å²) in [6, 6.07) is 32.6. The molecule has 0 saturated heterocycles. The van der Waals surface area contributed by atoms with Gasteiger partial charge < -0.3 is 5.32 Å². The first-order chi connectivity index (χ1) is 42.5. The lowest BCUT2D eigenvalue weighted by Gasteiger charge is -2.15. The second-order valence-corrected chi connectivity index (χ2v) is 25.8. The summed E-state index contributed by atoms with van der Waals surface area (Å²) < 4.78 is 191. The van der Waals surface area contributed by atoms with Gasteiger partial charge in [0.2, 0.25) is 30.1 Å². The van der Waals surface area contributed by atoms with E-state index in [0.29, 0.717) is 29.7 Å². The Balaban J connectivity index is 0.000000195. The van der Waals surface area contributed by atoms with E-state index in [4.69, 9.17) is 27.0 Å². The number of sulfonamides is 3. The SMILES string of the molecule is Cc1cccc(Cc2nc(CCl)nn2-c2ccc(S(N)(=O)=O)cc2F)c1.Cc1cccc(Cc2nc(CN(C)CCC(F)(F)F)nn2-c2ccc(S(N)(=O)=O)cc2F)c1.Cc1cccc(Cc2nc(CNCCC(F)(F)F)nn2-c2ccc(S(N)(=O)=O)cc2F)c1. The van der Waals surface area contributed by atoms with E-state index >= 15 is 0 Å². The van der Waals surface area contributed by atoms with Gasteiger partial charge in [0, 0.05) is 32.4 Å². The molecule has 486 valence electrons. The largest absolute Gasteiger partial charge is 0.390 e. The molecule has 0 aliphatic heterocycles. The maximum atomic E-state index is 14.8. The zero-order chi connectivity index (χ0) is 66.8. The first-order valence-corrected chi connectivity index (χ1v) is 32.3. The quantitative estimate of drug-likeness (QED) is 0.0297. The molecule has 0 aliphatic carbocycles. The highest BCUT2D eigenvalue weighted by molar-refractivity contribution is 7.89. The number of rotatable bonds is 21. The predicted octanol–water partition coefficient (Wildman–Crippen LogP) is 9.02. The van der Waals surface area contributed by atoms with E-state index in [1.807, 2.05) is 93.6 Å². The van der Waals surface area contributed by atoms with Gasteiger partial charge in [0.1, 0.15) is 52.0 Å². The third kappa shape index (κ3) is 20.8. The lowest BCUT2D eigenvalue weighted by atomic mass is 10.1. The summed E-state index contributed by atoms with van der Waals surface area (Å²) in [5.41, 5.74) is 5.80. The van der Waals surface area contributed by atoms with Gasteiger partial charge in [0.25, 0.3) is 0 Å². The summed E-state index contributed by atoms with van der Waals surface area (Å²) >= 11 is 5.82. The van der Waals surface area contributed by atoms with Crippen molar-refractivity contribution in [3.05, 3.63) is 213 Å². The van der Waals surface area contributed by atoms with Crippen molar-refractivity contribution in [3.8, 4) is 17.1 Å². The highest BCUT2D eigenvalue weighted by Crippen LogP contribution is 2.26. The Morgan fingerprint density at radius 2 is 0.835 bits per heavy atom. The zero-order valence-corrected chi connectivity index (χ0v) is 52.1. The Bertz CT molecular complexity index is 4400. The number of halogens is 10. The summed E-state index contributed by atoms with van der Waals surface area (Å²) in [5.74, 6) is -0.553. The maximum absolute atomic E-state index is 14.8. The van der Waals surface area contributed by atoms with Gasteiger partial charge in [-0.2, -0.15) is 26.3 Å². The fourth-order valence-electron chi connectivity index (χ4n) is 8.89. The molecule has 20 nitrogen and oxygen atoms in total. The molecule has 0 amide bonds. The fourth-order valence-corrected chi connectivity index (χ4v) is 10.6. The Morgan fingerprint density at radius 3 is 1.16 bits per heavy atom. The molecule has 3 heterocycles. The molecule has 91 heavy (non-hydrogen) atoms. The van der Waals surface area contributed by atoms with E-state index in [2.05, 4.69) is 35.6 Å². The van der Waals surface area contributed by atoms with Crippen LogP contribution >= 0.6 is 11.6 Å². The van der Waals surface area contributed by atoms with Crippen LogP contribution in [-0.4, -0.2) is 107 Å². The molecular formula is C58H60ClF9N14O6S3.